The van der Waals surface area contributed by atoms with Crippen molar-refractivity contribution in [2.45, 2.75) is 110 Å². The topological polar surface area (TPSA) is 61.8 Å². The van der Waals surface area contributed by atoms with Gasteiger partial charge in [-0.3, -0.25) is 4.79 Å². The number of carbonyl (C=O) groups is 2. The molecule has 204 valence electrons. The van der Waals surface area contributed by atoms with Gasteiger partial charge in [0.2, 0.25) is 0 Å². The third kappa shape index (κ3) is 12.8. The van der Waals surface area contributed by atoms with Crippen molar-refractivity contribution in [3.05, 3.63) is 59.7 Å². The molecule has 0 spiro atoms. The molecule has 2 aromatic rings. The molecule has 0 radical (unpaired) electrons. The summed E-state index contributed by atoms with van der Waals surface area (Å²) in [6, 6.07) is 14.9. The Hall–Kier alpha value is -2.82. The van der Waals surface area contributed by atoms with Crippen molar-refractivity contribution in [1.29, 1.82) is 0 Å². The van der Waals surface area contributed by atoms with Gasteiger partial charge in [-0.15, -0.1) is 0 Å². The van der Waals surface area contributed by atoms with Gasteiger partial charge in [-0.1, -0.05) is 83.1 Å². The normalized spacial score (nSPS) is 11.6. The zero-order valence-corrected chi connectivity index (χ0v) is 23.1. The van der Waals surface area contributed by atoms with Crippen LogP contribution in [0.5, 0.6) is 11.5 Å². The van der Waals surface area contributed by atoms with Crippen LogP contribution in [-0.2, 0) is 16.0 Å². The summed E-state index contributed by atoms with van der Waals surface area (Å²) < 4.78 is 16.9. The summed E-state index contributed by atoms with van der Waals surface area (Å²) in [6.45, 7) is 6.75. The van der Waals surface area contributed by atoms with Gasteiger partial charge in [-0.25, -0.2) is 4.79 Å². The van der Waals surface area contributed by atoms with Crippen LogP contribution in [-0.4, -0.2) is 24.6 Å². The van der Waals surface area contributed by atoms with E-state index in [4.69, 9.17) is 14.2 Å². The third-order valence-electron chi connectivity index (χ3n) is 6.36. The fourth-order valence-electron chi connectivity index (χ4n) is 4.21. The van der Waals surface area contributed by atoms with Crippen LogP contribution < -0.4 is 9.47 Å². The number of carbonyl (C=O) groups excluding carboxylic acids is 2. The second kappa shape index (κ2) is 18.4. The molecule has 0 aliphatic heterocycles. The molecule has 0 aliphatic rings. The maximum absolute atomic E-state index is 12.8. The second-order valence-corrected chi connectivity index (χ2v) is 9.80. The molecule has 0 aliphatic carbocycles. The summed E-state index contributed by atoms with van der Waals surface area (Å²) >= 11 is 0. The fourth-order valence-corrected chi connectivity index (χ4v) is 4.21. The molecule has 0 N–H and O–H groups in total. The average Bonchev–Trinajstić information content (AvgIpc) is 2.89. The minimum absolute atomic E-state index is 0.0721. The number of ether oxygens (including phenoxy) is 3. The van der Waals surface area contributed by atoms with E-state index in [1.807, 2.05) is 56.3 Å². The van der Waals surface area contributed by atoms with Gasteiger partial charge in [0, 0.05) is 6.42 Å². The minimum Gasteiger partial charge on any atom is -0.493 e. The van der Waals surface area contributed by atoms with Crippen LogP contribution in [0.2, 0.25) is 0 Å². The molecule has 0 saturated heterocycles. The van der Waals surface area contributed by atoms with Crippen LogP contribution in [0.3, 0.4) is 0 Å². The van der Waals surface area contributed by atoms with E-state index in [0.717, 1.165) is 44.1 Å². The smallest absolute Gasteiger partial charge is 0.347 e. The molecule has 5 nitrogen and oxygen atoms in total. The van der Waals surface area contributed by atoms with Gasteiger partial charge < -0.3 is 14.2 Å². The maximum Gasteiger partial charge on any atom is 0.347 e. The minimum atomic E-state index is -0.415. The van der Waals surface area contributed by atoms with Gasteiger partial charge in [-0.05, 0) is 68.9 Å². The summed E-state index contributed by atoms with van der Waals surface area (Å²) in [6.07, 6.45) is 13.7. The number of aryl methyl sites for hydroxylation is 1. The van der Waals surface area contributed by atoms with Crippen LogP contribution in [0, 0.1) is 0 Å². The van der Waals surface area contributed by atoms with Gasteiger partial charge in [-0.2, -0.15) is 0 Å². The Bertz CT molecular complexity index is 906. The highest BCUT2D eigenvalue weighted by atomic mass is 16.5. The van der Waals surface area contributed by atoms with Crippen molar-refractivity contribution in [1.82, 2.24) is 0 Å². The predicted molar refractivity (Wildman–Crippen MR) is 149 cm³/mol. The predicted octanol–water partition coefficient (Wildman–Crippen LogP) is 8.48. The van der Waals surface area contributed by atoms with E-state index in [2.05, 4.69) is 6.92 Å². The van der Waals surface area contributed by atoms with Crippen molar-refractivity contribution in [2.24, 2.45) is 0 Å². The Kier molecular flexibility index (Phi) is 15.1. The molecule has 0 bridgehead atoms. The number of para-hydroxylation sites is 1. The van der Waals surface area contributed by atoms with E-state index < -0.39 is 5.97 Å². The quantitative estimate of drug-likeness (QED) is 0.108. The van der Waals surface area contributed by atoms with Crippen molar-refractivity contribution >= 4 is 11.9 Å². The summed E-state index contributed by atoms with van der Waals surface area (Å²) in [4.78, 5) is 24.4. The van der Waals surface area contributed by atoms with Gasteiger partial charge in [0.15, 0.2) is 0 Å². The van der Waals surface area contributed by atoms with Gasteiger partial charge in [0.1, 0.15) is 17.1 Å². The van der Waals surface area contributed by atoms with E-state index in [-0.39, 0.29) is 12.1 Å². The third-order valence-corrected chi connectivity index (χ3v) is 6.36. The number of unbranched alkanes of at least 4 members (excludes halogenated alkanes) is 7. The zero-order chi connectivity index (χ0) is 26.7. The molecule has 0 aromatic heterocycles. The van der Waals surface area contributed by atoms with E-state index in [1.165, 1.54) is 38.5 Å². The zero-order valence-electron chi connectivity index (χ0n) is 23.1. The molecule has 0 saturated carbocycles. The highest BCUT2D eigenvalue weighted by molar-refractivity contribution is 5.94. The molecule has 2 rings (SSSR count). The average molecular weight is 511 g/mol. The van der Waals surface area contributed by atoms with E-state index in [9.17, 15) is 9.59 Å². The Morgan fingerprint density at radius 1 is 0.784 bits per heavy atom. The lowest BCUT2D eigenvalue weighted by Gasteiger charge is -2.13. The SMILES string of the molecule is CCCCCCCCCCOc1ccccc1C(=O)Oc1ccc(CCCC(C)OC(=O)CCC)cc1. The summed E-state index contributed by atoms with van der Waals surface area (Å²) in [5.74, 6) is 0.539. The van der Waals surface area contributed by atoms with E-state index in [0.29, 0.717) is 30.1 Å². The first kappa shape index (κ1) is 30.4. The first-order valence-corrected chi connectivity index (χ1v) is 14.3. The Morgan fingerprint density at radius 3 is 2.16 bits per heavy atom. The number of esters is 2. The van der Waals surface area contributed by atoms with Gasteiger partial charge >= 0.3 is 11.9 Å². The van der Waals surface area contributed by atoms with Crippen LogP contribution in [0.4, 0.5) is 0 Å². The number of hydrogen-bond donors (Lipinski definition) is 0. The standard InChI is InChI=1S/C32H46O5/c1-4-6-7-8-9-10-11-14-25-35-30-20-13-12-19-29(30)32(34)37-28-23-21-27(22-24-28)18-15-17-26(3)36-31(33)16-5-2/h12-13,19-24,26H,4-11,14-18,25H2,1-3H3. The molecule has 1 atom stereocenters. The summed E-state index contributed by atoms with van der Waals surface area (Å²) in [5, 5.41) is 0. The fraction of sp³-hybridized carbons (Fsp3) is 0.562. The number of hydrogen-bond acceptors (Lipinski definition) is 5. The lowest BCUT2D eigenvalue weighted by atomic mass is 10.1. The number of benzene rings is 2. The Balaban J connectivity index is 1.73. The van der Waals surface area contributed by atoms with E-state index >= 15 is 0 Å². The van der Waals surface area contributed by atoms with Crippen molar-refractivity contribution in [3.8, 4) is 11.5 Å². The van der Waals surface area contributed by atoms with Gasteiger partial charge in [0.25, 0.3) is 0 Å². The Labute approximate surface area is 223 Å². The molecular formula is C32H46O5. The first-order valence-electron chi connectivity index (χ1n) is 14.3. The molecule has 1 unspecified atom stereocenters. The van der Waals surface area contributed by atoms with Crippen molar-refractivity contribution in [3.63, 3.8) is 0 Å². The van der Waals surface area contributed by atoms with Crippen molar-refractivity contribution < 1.29 is 23.8 Å². The van der Waals surface area contributed by atoms with E-state index in [1.54, 1.807) is 6.07 Å². The summed E-state index contributed by atoms with van der Waals surface area (Å²) in [7, 11) is 0. The molecule has 0 heterocycles. The molecule has 2 aromatic carbocycles. The highest BCUT2D eigenvalue weighted by Gasteiger charge is 2.15. The van der Waals surface area contributed by atoms with Crippen LogP contribution in [0.15, 0.2) is 48.5 Å². The molecule has 0 amide bonds. The maximum atomic E-state index is 12.8. The summed E-state index contributed by atoms with van der Waals surface area (Å²) in [5.41, 5.74) is 1.60. The van der Waals surface area contributed by atoms with Crippen LogP contribution in [0.1, 0.15) is 114 Å². The molecule has 5 heteroatoms. The van der Waals surface area contributed by atoms with Crippen LogP contribution >= 0.6 is 0 Å². The highest BCUT2D eigenvalue weighted by Crippen LogP contribution is 2.22. The molecule has 0 fully saturated rings. The second-order valence-electron chi connectivity index (χ2n) is 9.80. The monoisotopic (exact) mass is 510 g/mol. The molecular weight excluding hydrogens is 464 g/mol. The lowest BCUT2D eigenvalue weighted by Crippen LogP contribution is -2.14. The van der Waals surface area contributed by atoms with Crippen molar-refractivity contribution in [2.75, 3.05) is 6.61 Å². The first-order chi connectivity index (χ1) is 18.0. The van der Waals surface area contributed by atoms with Crippen LogP contribution in [0.25, 0.3) is 0 Å². The molecule has 37 heavy (non-hydrogen) atoms. The van der Waals surface area contributed by atoms with Gasteiger partial charge in [0.05, 0.1) is 12.7 Å². The lowest BCUT2D eigenvalue weighted by molar-refractivity contribution is -0.148. The largest absolute Gasteiger partial charge is 0.493 e. The number of rotatable bonds is 19. The Morgan fingerprint density at radius 2 is 1.46 bits per heavy atom.